The average Bonchev–Trinajstić information content (AvgIpc) is 2.95. The number of rotatable bonds is 3. The molecule has 2 aromatic rings. The van der Waals surface area contributed by atoms with Gasteiger partial charge in [0, 0.05) is 32.1 Å². The molecule has 0 saturated heterocycles. The normalized spacial score (nSPS) is 15.9. The number of hydrogen-bond acceptors (Lipinski definition) is 5. The summed E-state index contributed by atoms with van der Waals surface area (Å²) >= 11 is 0. The minimum Gasteiger partial charge on any atom is -0.361 e. The van der Waals surface area contributed by atoms with Crippen LogP contribution < -0.4 is 0 Å². The van der Waals surface area contributed by atoms with Gasteiger partial charge in [0.1, 0.15) is 17.4 Å². The predicted molar refractivity (Wildman–Crippen MR) is 64.8 cm³/mol. The summed E-state index contributed by atoms with van der Waals surface area (Å²) in [5, 5.41) is 12.5. The Morgan fingerprint density at radius 1 is 1.33 bits per heavy atom. The van der Waals surface area contributed by atoms with Gasteiger partial charge in [0.25, 0.3) is 0 Å². The van der Waals surface area contributed by atoms with Crippen LogP contribution in [0.25, 0.3) is 0 Å². The third-order valence-corrected chi connectivity index (χ3v) is 3.29. The van der Waals surface area contributed by atoms with E-state index in [0.29, 0.717) is 0 Å². The molecule has 1 aliphatic heterocycles. The van der Waals surface area contributed by atoms with Gasteiger partial charge in [-0.05, 0) is 6.92 Å². The summed E-state index contributed by atoms with van der Waals surface area (Å²) in [5.74, 6) is 3.00. The molecule has 0 amide bonds. The summed E-state index contributed by atoms with van der Waals surface area (Å²) in [4.78, 5) is 2.32. The van der Waals surface area contributed by atoms with Gasteiger partial charge in [-0.2, -0.15) is 0 Å². The molecule has 0 N–H and O–H groups in total. The molecule has 2 aromatic heterocycles. The maximum Gasteiger partial charge on any atom is 0.147 e. The van der Waals surface area contributed by atoms with Crippen LogP contribution in [-0.4, -0.2) is 31.4 Å². The first kappa shape index (κ1) is 11.4. The molecule has 6 nitrogen and oxygen atoms in total. The molecule has 96 valence electrons. The Morgan fingerprint density at radius 3 is 2.94 bits per heavy atom. The highest BCUT2D eigenvalue weighted by Gasteiger charge is 2.21. The SMILES string of the molecule is CCc1nnc2n1CCN(Cc1cc(C)on1)C2. The van der Waals surface area contributed by atoms with Gasteiger partial charge in [0.15, 0.2) is 0 Å². The molecule has 3 rings (SSSR count). The van der Waals surface area contributed by atoms with Crippen LogP contribution in [0.2, 0.25) is 0 Å². The Labute approximate surface area is 106 Å². The van der Waals surface area contributed by atoms with E-state index >= 15 is 0 Å². The fourth-order valence-corrected chi connectivity index (χ4v) is 2.39. The molecule has 3 heterocycles. The van der Waals surface area contributed by atoms with Gasteiger partial charge in [-0.25, -0.2) is 0 Å². The lowest BCUT2D eigenvalue weighted by molar-refractivity contribution is 0.201. The first-order valence-corrected chi connectivity index (χ1v) is 6.31. The first-order valence-electron chi connectivity index (χ1n) is 6.31. The van der Waals surface area contributed by atoms with Crippen molar-refractivity contribution in [2.24, 2.45) is 0 Å². The molecule has 0 radical (unpaired) electrons. The van der Waals surface area contributed by atoms with Crippen molar-refractivity contribution in [3.8, 4) is 0 Å². The van der Waals surface area contributed by atoms with Crippen molar-refractivity contribution >= 4 is 0 Å². The lowest BCUT2D eigenvalue weighted by Crippen LogP contribution is -2.34. The van der Waals surface area contributed by atoms with Crippen LogP contribution in [0.3, 0.4) is 0 Å². The van der Waals surface area contributed by atoms with Crippen LogP contribution >= 0.6 is 0 Å². The highest BCUT2D eigenvalue weighted by atomic mass is 16.5. The zero-order valence-electron chi connectivity index (χ0n) is 10.8. The Kier molecular flexibility index (Phi) is 2.87. The number of fused-ring (bicyclic) bond motifs is 1. The van der Waals surface area contributed by atoms with Gasteiger partial charge in [-0.15, -0.1) is 10.2 Å². The molecule has 0 unspecified atom stereocenters. The summed E-state index contributed by atoms with van der Waals surface area (Å²) in [7, 11) is 0. The van der Waals surface area contributed by atoms with E-state index in [2.05, 4.69) is 31.7 Å². The van der Waals surface area contributed by atoms with Crippen LogP contribution in [0.1, 0.15) is 30.0 Å². The van der Waals surface area contributed by atoms with E-state index in [1.807, 2.05) is 13.0 Å². The number of nitrogens with zero attached hydrogens (tertiary/aromatic N) is 5. The summed E-state index contributed by atoms with van der Waals surface area (Å²) in [6.07, 6.45) is 0.940. The first-order chi connectivity index (χ1) is 8.76. The molecule has 0 spiro atoms. The van der Waals surface area contributed by atoms with Crippen LogP contribution in [0.5, 0.6) is 0 Å². The zero-order chi connectivity index (χ0) is 12.5. The third-order valence-electron chi connectivity index (χ3n) is 3.29. The largest absolute Gasteiger partial charge is 0.361 e. The Bertz CT molecular complexity index is 544. The summed E-state index contributed by atoms with van der Waals surface area (Å²) in [6.45, 7) is 7.63. The lowest BCUT2D eigenvalue weighted by Gasteiger charge is -2.26. The van der Waals surface area contributed by atoms with E-state index < -0.39 is 0 Å². The second kappa shape index (κ2) is 4.53. The highest BCUT2D eigenvalue weighted by Crippen LogP contribution is 2.15. The monoisotopic (exact) mass is 247 g/mol. The zero-order valence-corrected chi connectivity index (χ0v) is 10.8. The van der Waals surface area contributed by atoms with E-state index in [4.69, 9.17) is 4.52 Å². The second-order valence-electron chi connectivity index (χ2n) is 4.68. The smallest absolute Gasteiger partial charge is 0.147 e. The molecule has 0 saturated carbocycles. The predicted octanol–water partition coefficient (Wildman–Crippen LogP) is 1.15. The van der Waals surface area contributed by atoms with Crippen molar-refractivity contribution in [1.29, 1.82) is 0 Å². The second-order valence-corrected chi connectivity index (χ2v) is 4.68. The number of aryl methyl sites for hydroxylation is 2. The van der Waals surface area contributed by atoms with Crippen LogP contribution in [0.15, 0.2) is 10.6 Å². The minimum atomic E-state index is 0.811. The van der Waals surface area contributed by atoms with Gasteiger partial charge >= 0.3 is 0 Å². The summed E-state index contributed by atoms with van der Waals surface area (Å²) in [6, 6.07) is 1.98. The molecular weight excluding hydrogens is 230 g/mol. The van der Waals surface area contributed by atoms with E-state index in [9.17, 15) is 0 Å². The lowest BCUT2D eigenvalue weighted by atomic mass is 10.3. The Morgan fingerprint density at radius 2 is 2.22 bits per heavy atom. The molecule has 0 aromatic carbocycles. The number of aromatic nitrogens is 4. The quantitative estimate of drug-likeness (QED) is 0.814. The summed E-state index contributed by atoms with van der Waals surface area (Å²) < 4.78 is 7.31. The Hall–Kier alpha value is -1.69. The molecule has 0 bridgehead atoms. The van der Waals surface area contributed by atoms with E-state index in [1.54, 1.807) is 0 Å². The molecular formula is C12H17N5O. The van der Waals surface area contributed by atoms with Crippen molar-refractivity contribution in [3.05, 3.63) is 29.2 Å². The molecule has 0 fully saturated rings. The third kappa shape index (κ3) is 2.03. The minimum absolute atomic E-state index is 0.811. The van der Waals surface area contributed by atoms with Gasteiger partial charge < -0.3 is 9.09 Å². The molecule has 1 aliphatic rings. The highest BCUT2D eigenvalue weighted by molar-refractivity contribution is 5.05. The van der Waals surface area contributed by atoms with Crippen molar-refractivity contribution in [1.82, 2.24) is 24.8 Å². The molecule has 0 atom stereocenters. The van der Waals surface area contributed by atoms with Crippen LogP contribution in [0.4, 0.5) is 0 Å². The van der Waals surface area contributed by atoms with Crippen molar-refractivity contribution in [3.63, 3.8) is 0 Å². The molecule has 18 heavy (non-hydrogen) atoms. The van der Waals surface area contributed by atoms with Gasteiger partial charge in [-0.1, -0.05) is 12.1 Å². The van der Waals surface area contributed by atoms with Gasteiger partial charge in [-0.3, -0.25) is 4.90 Å². The standard InChI is InChI=1S/C12H17N5O/c1-3-11-13-14-12-8-16(4-5-17(11)12)7-10-6-9(2)18-15-10/h6H,3-5,7-8H2,1-2H3. The van der Waals surface area contributed by atoms with Crippen LogP contribution in [0, 0.1) is 6.92 Å². The number of hydrogen-bond donors (Lipinski definition) is 0. The average molecular weight is 247 g/mol. The fourth-order valence-electron chi connectivity index (χ4n) is 2.39. The maximum absolute atomic E-state index is 5.09. The summed E-state index contributed by atoms with van der Waals surface area (Å²) in [5.41, 5.74) is 0.983. The van der Waals surface area contributed by atoms with E-state index in [1.165, 1.54) is 0 Å². The van der Waals surface area contributed by atoms with Gasteiger partial charge in [0.2, 0.25) is 0 Å². The molecule has 0 aliphatic carbocycles. The topological polar surface area (TPSA) is 60.0 Å². The fraction of sp³-hybridized carbons (Fsp3) is 0.583. The van der Waals surface area contributed by atoms with Crippen LogP contribution in [-0.2, 0) is 26.1 Å². The van der Waals surface area contributed by atoms with Crippen molar-refractivity contribution in [2.75, 3.05) is 6.54 Å². The Balaban J connectivity index is 1.71. The van der Waals surface area contributed by atoms with E-state index in [-0.39, 0.29) is 0 Å². The van der Waals surface area contributed by atoms with Crippen molar-refractivity contribution < 1.29 is 4.52 Å². The van der Waals surface area contributed by atoms with Crippen molar-refractivity contribution in [2.45, 2.75) is 39.9 Å². The maximum atomic E-state index is 5.09. The molecule has 6 heteroatoms. The van der Waals surface area contributed by atoms with E-state index in [0.717, 1.165) is 55.7 Å². The van der Waals surface area contributed by atoms with Gasteiger partial charge in [0.05, 0.1) is 12.2 Å².